The molecule has 0 spiro atoms. The lowest BCUT2D eigenvalue weighted by atomic mass is 9.93. The Morgan fingerprint density at radius 3 is 2.66 bits per heavy atom. The maximum atomic E-state index is 13.0. The lowest BCUT2D eigenvalue weighted by Gasteiger charge is -2.24. The van der Waals surface area contributed by atoms with Crippen LogP contribution in [0.15, 0.2) is 36.5 Å². The molecule has 29 heavy (non-hydrogen) atoms. The Kier molecular flexibility index (Phi) is 5.58. The molecule has 8 heteroatoms. The first kappa shape index (κ1) is 21.1. The highest BCUT2D eigenvalue weighted by atomic mass is 19.4. The standard InChI is InChI=1S/C21H23F3N2O3/c1-12(26-19(27)29-20(2,3)4)18-15-7-5-6-14(16(15)11-28-18)13-8-9-25-17(10-13)21(22,23)24/h5-10,12,18H,11H2,1-4H3,(H,26,27). The zero-order valence-electron chi connectivity index (χ0n) is 16.6. The number of pyridine rings is 1. The summed E-state index contributed by atoms with van der Waals surface area (Å²) in [5.41, 5.74) is 1.14. The van der Waals surface area contributed by atoms with E-state index >= 15 is 0 Å². The molecule has 1 aromatic carbocycles. The van der Waals surface area contributed by atoms with Gasteiger partial charge in [-0.1, -0.05) is 18.2 Å². The Labute approximate surface area is 167 Å². The summed E-state index contributed by atoms with van der Waals surface area (Å²) in [6.07, 6.45) is -4.35. The monoisotopic (exact) mass is 408 g/mol. The van der Waals surface area contributed by atoms with Gasteiger partial charge in [0, 0.05) is 6.20 Å². The maximum Gasteiger partial charge on any atom is 0.433 e. The fourth-order valence-corrected chi connectivity index (χ4v) is 3.30. The average Bonchev–Trinajstić information content (AvgIpc) is 3.03. The highest BCUT2D eigenvalue weighted by molar-refractivity contribution is 5.70. The summed E-state index contributed by atoms with van der Waals surface area (Å²) in [7, 11) is 0. The van der Waals surface area contributed by atoms with Gasteiger partial charge in [0.1, 0.15) is 17.4 Å². The molecule has 0 bridgehead atoms. The molecule has 1 aliphatic heterocycles. The van der Waals surface area contributed by atoms with Crippen molar-refractivity contribution in [2.75, 3.05) is 0 Å². The van der Waals surface area contributed by atoms with E-state index in [4.69, 9.17) is 9.47 Å². The van der Waals surface area contributed by atoms with Crippen molar-refractivity contribution in [3.8, 4) is 11.1 Å². The van der Waals surface area contributed by atoms with Crippen LogP contribution in [0.25, 0.3) is 11.1 Å². The molecule has 1 amide bonds. The molecule has 2 unspecified atom stereocenters. The minimum atomic E-state index is -4.52. The summed E-state index contributed by atoms with van der Waals surface area (Å²) in [5, 5.41) is 2.76. The van der Waals surface area contributed by atoms with Gasteiger partial charge in [0.25, 0.3) is 0 Å². The van der Waals surface area contributed by atoms with Crippen LogP contribution >= 0.6 is 0 Å². The number of hydrogen-bond donors (Lipinski definition) is 1. The molecular formula is C21H23F3N2O3. The van der Waals surface area contributed by atoms with E-state index in [1.807, 2.05) is 6.07 Å². The lowest BCUT2D eigenvalue weighted by Crippen LogP contribution is -2.40. The average molecular weight is 408 g/mol. The van der Waals surface area contributed by atoms with Crippen molar-refractivity contribution < 1.29 is 27.4 Å². The number of hydrogen-bond acceptors (Lipinski definition) is 4. The van der Waals surface area contributed by atoms with Crippen molar-refractivity contribution in [1.29, 1.82) is 0 Å². The van der Waals surface area contributed by atoms with E-state index in [0.29, 0.717) is 11.1 Å². The SMILES string of the molecule is CC(NC(=O)OC(C)(C)C)C1OCc2c(-c3ccnc(C(F)(F)F)c3)cccc21. The van der Waals surface area contributed by atoms with Gasteiger partial charge >= 0.3 is 12.3 Å². The first-order valence-electron chi connectivity index (χ1n) is 9.22. The van der Waals surface area contributed by atoms with Crippen LogP contribution in [0.3, 0.4) is 0 Å². The van der Waals surface area contributed by atoms with E-state index in [9.17, 15) is 18.0 Å². The van der Waals surface area contributed by atoms with E-state index in [-0.39, 0.29) is 12.6 Å². The molecule has 2 aromatic rings. The second kappa shape index (κ2) is 7.67. The maximum absolute atomic E-state index is 13.0. The number of halogens is 3. The second-order valence-corrected chi connectivity index (χ2v) is 7.97. The van der Waals surface area contributed by atoms with Crippen LogP contribution in [0, 0.1) is 0 Å². The molecule has 0 saturated carbocycles. The number of fused-ring (bicyclic) bond motifs is 1. The predicted octanol–water partition coefficient (Wildman–Crippen LogP) is 5.25. The smallest absolute Gasteiger partial charge is 0.433 e. The number of nitrogens with zero attached hydrogens (tertiary/aromatic N) is 1. The first-order valence-corrected chi connectivity index (χ1v) is 9.22. The molecular weight excluding hydrogens is 385 g/mol. The van der Waals surface area contributed by atoms with Crippen LogP contribution in [-0.2, 0) is 22.3 Å². The zero-order chi connectivity index (χ0) is 21.4. The predicted molar refractivity (Wildman–Crippen MR) is 101 cm³/mol. The van der Waals surface area contributed by atoms with Crippen LogP contribution < -0.4 is 5.32 Å². The lowest BCUT2D eigenvalue weighted by molar-refractivity contribution is -0.141. The third-order valence-corrected chi connectivity index (χ3v) is 4.49. The van der Waals surface area contributed by atoms with E-state index in [0.717, 1.165) is 23.4 Å². The Morgan fingerprint density at radius 1 is 1.28 bits per heavy atom. The van der Waals surface area contributed by atoms with E-state index in [1.54, 1.807) is 45.9 Å². The summed E-state index contributed by atoms with van der Waals surface area (Å²) < 4.78 is 50.2. The number of amides is 1. The number of carbonyl (C=O) groups excluding carboxylic acids is 1. The zero-order valence-corrected chi connectivity index (χ0v) is 16.6. The fraction of sp³-hybridized carbons (Fsp3) is 0.429. The van der Waals surface area contributed by atoms with Crippen LogP contribution in [0.2, 0.25) is 0 Å². The van der Waals surface area contributed by atoms with Crippen molar-refractivity contribution in [3.05, 3.63) is 53.3 Å². The summed E-state index contributed by atoms with van der Waals surface area (Å²) in [5.74, 6) is 0. The Hall–Kier alpha value is -2.61. The number of aromatic nitrogens is 1. The largest absolute Gasteiger partial charge is 0.444 e. The molecule has 0 aliphatic carbocycles. The molecule has 1 aromatic heterocycles. The van der Waals surface area contributed by atoms with Crippen LogP contribution in [-0.4, -0.2) is 22.7 Å². The highest BCUT2D eigenvalue weighted by Crippen LogP contribution is 2.39. The molecule has 156 valence electrons. The highest BCUT2D eigenvalue weighted by Gasteiger charge is 2.34. The fourth-order valence-electron chi connectivity index (χ4n) is 3.30. The van der Waals surface area contributed by atoms with Crippen molar-refractivity contribution in [2.24, 2.45) is 0 Å². The Balaban J connectivity index is 1.86. The van der Waals surface area contributed by atoms with Gasteiger partial charge in [-0.15, -0.1) is 0 Å². The van der Waals surface area contributed by atoms with Crippen LogP contribution in [0.4, 0.5) is 18.0 Å². The van der Waals surface area contributed by atoms with Crippen molar-refractivity contribution in [1.82, 2.24) is 10.3 Å². The molecule has 3 rings (SSSR count). The number of ether oxygens (including phenoxy) is 2. The molecule has 2 atom stereocenters. The Bertz CT molecular complexity index is 907. The van der Waals surface area contributed by atoms with Gasteiger partial charge in [0.2, 0.25) is 0 Å². The van der Waals surface area contributed by atoms with Crippen molar-refractivity contribution in [2.45, 2.75) is 58.2 Å². The first-order chi connectivity index (χ1) is 13.5. The number of benzene rings is 1. The van der Waals surface area contributed by atoms with Gasteiger partial charge in [-0.2, -0.15) is 13.2 Å². The summed E-state index contributed by atoms with van der Waals surface area (Å²) >= 11 is 0. The van der Waals surface area contributed by atoms with Crippen LogP contribution in [0.5, 0.6) is 0 Å². The van der Waals surface area contributed by atoms with Gasteiger partial charge < -0.3 is 14.8 Å². The topological polar surface area (TPSA) is 60.5 Å². The molecule has 1 N–H and O–H groups in total. The van der Waals surface area contributed by atoms with Gasteiger partial charge in [-0.25, -0.2) is 4.79 Å². The molecule has 1 aliphatic rings. The van der Waals surface area contributed by atoms with Crippen molar-refractivity contribution >= 4 is 6.09 Å². The van der Waals surface area contributed by atoms with Crippen molar-refractivity contribution in [3.63, 3.8) is 0 Å². The second-order valence-electron chi connectivity index (χ2n) is 7.97. The normalized spacial score (nSPS) is 17.6. The third-order valence-electron chi connectivity index (χ3n) is 4.49. The number of rotatable bonds is 3. The molecule has 0 fully saturated rings. The Morgan fingerprint density at radius 2 is 2.00 bits per heavy atom. The van der Waals surface area contributed by atoms with E-state index in [1.165, 1.54) is 0 Å². The minimum Gasteiger partial charge on any atom is -0.444 e. The molecule has 0 saturated heterocycles. The third kappa shape index (κ3) is 4.87. The molecule has 0 radical (unpaired) electrons. The number of alkyl halides is 3. The number of nitrogens with one attached hydrogen (secondary N) is 1. The van der Waals surface area contributed by atoms with Gasteiger partial charge in [0.05, 0.1) is 12.6 Å². The van der Waals surface area contributed by atoms with Gasteiger partial charge in [0.15, 0.2) is 0 Å². The summed E-state index contributed by atoms with van der Waals surface area (Å²) in [4.78, 5) is 15.5. The summed E-state index contributed by atoms with van der Waals surface area (Å²) in [6.45, 7) is 7.35. The van der Waals surface area contributed by atoms with Gasteiger partial charge in [-0.3, -0.25) is 4.98 Å². The number of carbonyl (C=O) groups is 1. The molecule has 5 nitrogen and oxygen atoms in total. The van der Waals surface area contributed by atoms with E-state index in [2.05, 4.69) is 10.3 Å². The minimum absolute atomic E-state index is 0.236. The van der Waals surface area contributed by atoms with Crippen LogP contribution in [0.1, 0.15) is 50.6 Å². The number of alkyl carbamates (subject to hydrolysis) is 1. The summed E-state index contributed by atoms with van der Waals surface area (Å²) in [6, 6.07) is 7.57. The van der Waals surface area contributed by atoms with E-state index < -0.39 is 29.7 Å². The van der Waals surface area contributed by atoms with Gasteiger partial charge in [-0.05, 0) is 62.1 Å². The molecule has 2 heterocycles. The quantitative estimate of drug-likeness (QED) is 0.753.